The molecule has 0 amide bonds. The average Bonchev–Trinajstić information content (AvgIpc) is 2.76. The van der Waals surface area contributed by atoms with Crippen molar-refractivity contribution in [3.63, 3.8) is 0 Å². The van der Waals surface area contributed by atoms with Crippen molar-refractivity contribution < 1.29 is 15.0 Å². The number of nitrogens with zero attached hydrogens (tertiary/aromatic N) is 2. The largest absolute Gasteiger partial charge is 0.508 e. The number of aromatic nitrogens is 3. The van der Waals surface area contributed by atoms with Crippen LogP contribution in [0.2, 0.25) is 0 Å². The van der Waals surface area contributed by atoms with E-state index in [9.17, 15) is 4.79 Å². The molecule has 0 saturated heterocycles. The fourth-order valence-corrected chi connectivity index (χ4v) is 1.70. The summed E-state index contributed by atoms with van der Waals surface area (Å²) < 4.78 is 0. The minimum atomic E-state index is -0.911. The van der Waals surface area contributed by atoms with Crippen molar-refractivity contribution in [1.82, 2.24) is 15.2 Å². The molecule has 1 heterocycles. The summed E-state index contributed by atoms with van der Waals surface area (Å²) in [5.74, 6) is -0.273. The Labute approximate surface area is 101 Å². The van der Waals surface area contributed by atoms with Gasteiger partial charge in [0.2, 0.25) is 5.16 Å². The number of aromatic hydroxyl groups is 1. The van der Waals surface area contributed by atoms with Crippen molar-refractivity contribution in [2.75, 3.05) is 5.75 Å². The van der Waals surface area contributed by atoms with Gasteiger partial charge < -0.3 is 10.2 Å². The lowest BCUT2D eigenvalue weighted by atomic mass is 10.2. The van der Waals surface area contributed by atoms with Gasteiger partial charge in [0, 0.05) is 5.56 Å². The fraction of sp³-hybridized carbons (Fsp3) is 0.100. The van der Waals surface area contributed by atoms with Crippen LogP contribution in [0.15, 0.2) is 29.4 Å². The Balaban J connectivity index is 2.12. The molecule has 0 aliphatic heterocycles. The SMILES string of the molecule is O=C(O)CSc1n[nH]c(-c2ccc(O)cc2)n1. The van der Waals surface area contributed by atoms with Crippen LogP contribution in [-0.2, 0) is 4.79 Å². The maximum absolute atomic E-state index is 10.4. The number of phenolic OH excluding ortho intramolecular Hbond substituents is 1. The van der Waals surface area contributed by atoms with Gasteiger partial charge in [0.15, 0.2) is 5.82 Å². The third-order valence-corrected chi connectivity index (χ3v) is 2.76. The Bertz CT molecular complexity index is 524. The van der Waals surface area contributed by atoms with Gasteiger partial charge in [-0.05, 0) is 24.3 Å². The van der Waals surface area contributed by atoms with Crippen LogP contribution >= 0.6 is 11.8 Å². The Kier molecular flexibility index (Phi) is 3.29. The average molecular weight is 251 g/mol. The van der Waals surface area contributed by atoms with Gasteiger partial charge in [-0.15, -0.1) is 5.10 Å². The zero-order chi connectivity index (χ0) is 12.3. The summed E-state index contributed by atoms with van der Waals surface area (Å²) in [4.78, 5) is 14.5. The molecule has 0 radical (unpaired) electrons. The van der Waals surface area contributed by atoms with Crippen LogP contribution in [0.3, 0.4) is 0 Å². The molecule has 0 bridgehead atoms. The lowest BCUT2D eigenvalue weighted by Crippen LogP contribution is -1.97. The smallest absolute Gasteiger partial charge is 0.313 e. The maximum atomic E-state index is 10.4. The van der Waals surface area contributed by atoms with Crippen molar-refractivity contribution in [1.29, 1.82) is 0 Å². The molecule has 2 rings (SSSR count). The van der Waals surface area contributed by atoms with E-state index in [-0.39, 0.29) is 11.5 Å². The zero-order valence-electron chi connectivity index (χ0n) is 8.62. The second kappa shape index (κ2) is 4.88. The summed E-state index contributed by atoms with van der Waals surface area (Å²) in [7, 11) is 0. The number of carboxylic acids is 1. The zero-order valence-corrected chi connectivity index (χ0v) is 9.44. The van der Waals surface area contributed by atoms with E-state index in [1.54, 1.807) is 24.3 Å². The van der Waals surface area contributed by atoms with Gasteiger partial charge in [-0.2, -0.15) is 0 Å². The van der Waals surface area contributed by atoms with Crippen LogP contribution < -0.4 is 0 Å². The van der Waals surface area contributed by atoms with Crippen LogP contribution in [0, 0.1) is 0 Å². The van der Waals surface area contributed by atoms with Gasteiger partial charge in [0.25, 0.3) is 0 Å². The predicted molar refractivity (Wildman–Crippen MR) is 61.8 cm³/mol. The van der Waals surface area contributed by atoms with Gasteiger partial charge in [-0.1, -0.05) is 11.8 Å². The number of phenols is 1. The van der Waals surface area contributed by atoms with Gasteiger partial charge in [-0.3, -0.25) is 9.89 Å². The molecule has 0 fully saturated rings. The summed E-state index contributed by atoms with van der Waals surface area (Å²) in [5, 5.41) is 24.6. The molecule has 0 atom stereocenters. The minimum Gasteiger partial charge on any atom is -0.508 e. The van der Waals surface area contributed by atoms with E-state index in [4.69, 9.17) is 10.2 Å². The predicted octanol–water partition coefficient (Wildman–Crippen LogP) is 1.35. The number of benzene rings is 1. The van der Waals surface area contributed by atoms with Crippen LogP contribution in [0.4, 0.5) is 0 Å². The number of carboxylic acid groups (broad SMARTS) is 1. The van der Waals surface area contributed by atoms with E-state index in [0.29, 0.717) is 11.0 Å². The van der Waals surface area contributed by atoms with Crippen LogP contribution in [0.1, 0.15) is 0 Å². The highest BCUT2D eigenvalue weighted by Crippen LogP contribution is 2.20. The molecule has 0 aliphatic rings. The first kappa shape index (κ1) is 11.5. The molecule has 6 nitrogen and oxygen atoms in total. The van der Waals surface area contributed by atoms with Crippen LogP contribution in [0.25, 0.3) is 11.4 Å². The van der Waals surface area contributed by atoms with E-state index in [1.807, 2.05) is 0 Å². The first-order valence-electron chi connectivity index (χ1n) is 4.71. The van der Waals surface area contributed by atoms with Crippen LogP contribution in [0.5, 0.6) is 5.75 Å². The summed E-state index contributed by atoms with van der Waals surface area (Å²) in [6.45, 7) is 0. The van der Waals surface area contributed by atoms with Gasteiger partial charge >= 0.3 is 5.97 Å². The third kappa shape index (κ3) is 2.97. The summed E-state index contributed by atoms with van der Waals surface area (Å²) in [5.41, 5.74) is 0.775. The normalized spacial score (nSPS) is 10.4. The van der Waals surface area contributed by atoms with Crippen LogP contribution in [-0.4, -0.2) is 37.1 Å². The number of rotatable bonds is 4. The summed E-state index contributed by atoms with van der Waals surface area (Å²) in [6.07, 6.45) is 0. The number of hydrogen-bond acceptors (Lipinski definition) is 5. The van der Waals surface area contributed by atoms with E-state index in [2.05, 4.69) is 15.2 Å². The third-order valence-electron chi connectivity index (χ3n) is 1.93. The quantitative estimate of drug-likeness (QED) is 0.709. The molecule has 2 aromatic rings. The Hall–Kier alpha value is -2.02. The lowest BCUT2D eigenvalue weighted by molar-refractivity contribution is -0.133. The maximum Gasteiger partial charge on any atom is 0.313 e. The number of nitrogens with one attached hydrogen (secondary N) is 1. The number of carbonyl (C=O) groups is 1. The molecule has 17 heavy (non-hydrogen) atoms. The second-order valence-corrected chi connectivity index (χ2v) is 4.14. The van der Waals surface area contributed by atoms with Crippen molar-refractivity contribution in [2.45, 2.75) is 5.16 Å². The van der Waals surface area contributed by atoms with Gasteiger partial charge in [0.1, 0.15) is 5.75 Å². The highest BCUT2D eigenvalue weighted by atomic mass is 32.2. The Morgan fingerprint density at radius 3 is 2.71 bits per heavy atom. The number of H-pyrrole nitrogens is 1. The lowest BCUT2D eigenvalue weighted by Gasteiger charge is -1.95. The van der Waals surface area contributed by atoms with E-state index in [1.165, 1.54) is 0 Å². The second-order valence-electron chi connectivity index (χ2n) is 3.20. The molecule has 0 saturated carbocycles. The fourth-order valence-electron chi connectivity index (χ4n) is 1.19. The molecule has 1 aromatic heterocycles. The molecule has 88 valence electrons. The van der Waals surface area contributed by atoms with E-state index in [0.717, 1.165) is 17.3 Å². The molecule has 1 aromatic carbocycles. The summed E-state index contributed by atoms with van der Waals surface area (Å²) >= 11 is 1.04. The molecule has 0 spiro atoms. The van der Waals surface area contributed by atoms with Crippen molar-refractivity contribution >= 4 is 17.7 Å². The highest BCUT2D eigenvalue weighted by molar-refractivity contribution is 7.99. The van der Waals surface area contributed by atoms with Gasteiger partial charge in [0.05, 0.1) is 5.75 Å². The summed E-state index contributed by atoms with van der Waals surface area (Å²) in [6, 6.07) is 6.48. The molecule has 0 unspecified atom stereocenters. The minimum absolute atomic E-state index is 0.0765. The molecule has 7 heteroatoms. The molecular formula is C10H9N3O3S. The van der Waals surface area contributed by atoms with Gasteiger partial charge in [-0.25, -0.2) is 4.98 Å². The number of hydrogen-bond donors (Lipinski definition) is 3. The highest BCUT2D eigenvalue weighted by Gasteiger charge is 2.07. The number of aliphatic carboxylic acids is 1. The first-order valence-corrected chi connectivity index (χ1v) is 5.70. The molecule has 3 N–H and O–H groups in total. The standard InChI is InChI=1S/C10H9N3O3S/c14-7-3-1-6(2-4-7)9-11-10(13-12-9)17-5-8(15)16/h1-4,14H,5H2,(H,15,16)(H,11,12,13). The Morgan fingerprint density at radius 1 is 1.35 bits per heavy atom. The monoisotopic (exact) mass is 251 g/mol. The molecule has 0 aliphatic carbocycles. The molecular weight excluding hydrogens is 242 g/mol. The van der Waals surface area contributed by atoms with Crippen molar-refractivity contribution in [3.05, 3.63) is 24.3 Å². The van der Waals surface area contributed by atoms with E-state index >= 15 is 0 Å². The van der Waals surface area contributed by atoms with Crippen molar-refractivity contribution in [2.24, 2.45) is 0 Å². The number of aromatic amines is 1. The topological polar surface area (TPSA) is 99.1 Å². The number of thioether (sulfide) groups is 1. The van der Waals surface area contributed by atoms with Crippen molar-refractivity contribution in [3.8, 4) is 17.1 Å². The Morgan fingerprint density at radius 2 is 2.06 bits per heavy atom. The van der Waals surface area contributed by atoms with E-state index < -0.39 is 5.97 Å². The first-order chi connectivity index (χ1) is 8.15.